The summed E-state index contributed by atoms with van der Waals surface area (Å²) in [5, 5.41) is 18.6. The molecule has 0 atom stereocenters. The Bertz CT molecular complexity index is 1390. The fourth-order valence-corrected chi connectivity index (χ4v) is 4.15. The van der Waals surface area contributed by atoms with Gasteiger partial charge >= 0.3 is 5.03 Å². The number of amides is 1. The minimum atomic E-state index is -3.72. The van der Waals surface area contributed by atoms with Crippen molar-refractivity contribution >= 4 is 21.3 Å². The second kappa shape index (κ2) is 10.6. The molecular weight excluding hydrogens is 471 g/mol. The monoisotopic (exact) mass is 498 g/mol. The predicted octanol–water partition coefficient (Wildman–Crippen LogP) is 3.41. The van der Waals surface area contributed by atoms with Gasteiger partial charge in [-0.2, -0.15) is 9.83 Å². The highest BCUT2D eigenvalue weighted by Gasteiger charge is 2.21. The summed E-state index contributed by atoms with van der Waals surface area (Å²) in [6, 6.07) is 8.55. The lowest BCUT2D eigenvalue weighted by atomic mass is 10.0. The maximum atomic E-state index is 13.3. The first-order chi connectivity index (χ1) is 16.5. The average Bonchev–Trinajstić information content (AvgIpc) is 3.19. The van der Waals surface area contributed by atoms with Crippen molar-refractivity contribution < 1.29 is 22.3 Å². The van der Waals surface area contributed by atoms with E-state index in [1.54, 1.807) is 29.1 Å². The molecule has 2 heterocycles. The Labute approximate surface area is 203 Å². The van der Waals surface area contributed by atoms with Crippen LogP contribution in [0.4, 0.5) is 4.39 Å². The number of carbonyl (C=O) groups is 1. The molecule has 0 unspecified atom stereocenters. The number of nitrogens with zero attached hydrogens (tertiary/aromatic N) is 3. The Balaban J connectivity index is 1.90. The van der Waals surface area contributed by atoms with E-state index in [9.17, 15) is 22.8 Å². The average molecular weight is 499 g/mol. The standard InChI is InChI=1S/C25H27FN4O4S/c1-5-17(2)6-11-22(23-16-28-30(18(23)3)21-9-7-20(26)8-10-21)25(31)27-15-19-12-13-29(32)24(14-19)35(4,33)34/h7-14,16H,2,5-6,15H2,1,3-4H3,(H,27,31). The third-order valence-corrected chi connectivity index (χ3v) is 6.55. The van der Waals surface area contributed by atoms with E-state index < -0.39 is 20.8 Å². The van der Waals surface area contributed by atoms with Gasteiger partial charge in [0.05, 0.1) is 11.9 Å². The van der Waals surface area contributed by atoms with Crippen LogP contribution in [0.25, 0.3) is 11.3 Å². The van der Waals surface area contributed by atoms with E-state index in [1.165, 1.54) is 24.3 Å². The number of benzene rings is 1. The van der Waals surface area contributed by atoms with Crippen LogP contribution in [0.2, 0.25) is 0 Å². The molecule has 0 saturated heterocycles. The minimum Gasteiger partial charge on any atom is -0.618 e. The Kier molecular flexibility index (Phi) is 7.85. The third-order valence-electron chi connectivity index (χ3n) is 5.49. The van der Waals surface area contributed by atoms with Gasteiger partial charge in [0, 0.05) is 41.8 Å². The van der Waals surface area contributed by atoms with Crippen LogP contribution in [0.5, 0.6) is 0 Å². The number of sulfone groups is 1. The summed E-state index contributed by atoms with van der Waals surface area (Å²) in [4.78, 5) is 13.2. The van der Waals surface area contributed by atoms with E-state index in [-0.39, 0.29) is 17.1 Å². The molecule has 3 aromatic rings. The molecule has 1 amide bonds. The molecule has 0 aliphatic heterocycles. The lowest BCUT2D eigenvalue weighted by Gasteiger charge is -2.11. The molecule has 0 fully saturated rings. The quantitative estimate of drug-likeness (QED) is 0.211. The van der Waals surface area contributed by atoms with Gasteiger partial charge in [-0.15, -0.1) is 0 Å². The highest BCUT2D eigenvalue weighted by atomic mass is 32.2. The molecule has 1 N–H and O–H groups in total. The van der Waals surface area contributed by atoms with Gasteiger partial charge in [0.15, 0.2) is 6.20 Å². The molecule has 0 radical (unpaired) electrons. The smallest absolute Gasteiger partial charge is 0.308 e. The minimum absolute atomic E-state index is 0.0133. The van der Waals surface area contributed by atoms with Crippen LogP contribution in [0.15, 0.2) is 72.0 Å². The molecule has 0 aliphatic rings. The van der Waals surface area contributed by atoms with Crippen molar-refractivity contribution in [1.29, 1.82) is 0 Å². The topological polar surface area (TPSA) is 108 Å². The number of pyridine rings is 1. The lowest BCUT2D eigenvalue weighted by Crippen LogP contribution is -2.34. The van der Waals surface area contributed by atoms with Crippen molar-refractivity contribution in [3.8, 4) is 5.69 Å². The number of allylic oxidation sites excluding steroid dienone is 2. The van der Waals surface area contributed by atoms with Gasteiger partial charge in [-0.1, -0.05) is 25.2 Å². The van der Waals surface area contributed by atoms with Gasteiger partial charge in [0.2, 0.25) is 9.84 Å². The van der Waals surface area contributed by atoms with Crippen molar-refractivity contribution in [2.45, 2.75) is 38.3 Å². The molecular formula is C25H27FN4O4S. The van der Waals surface area contributed by atoms with Crippen molar-refractivity contribution in [2.24, 2.45) is 0 Å². The second-order valence-electron chi connectivity index (χ2n) is 8.11. The number of hydrogen-bond donors (Lipinski definition) is 1. The van der Waals surface area contributed by atoms with Crippen molar-refractivity contribution in [2.75, 3.05) is 6.26 Å². The molecule has 35 heavy (non-hydrogen) atoms. The fraction of sp³-hybridized carbons (Fsp3) is 0.240. The molecule has 2 aromatic heterocycles. The Morgan fingerprint density at radius 1 is 1.29 bits per heavy atom. The lowest BCUT2D eigenvalue weighted by molar-refractivity contribution is -0.646. The van der Waals surface area contributed by atoms with Crippen LogP contribution in [-0.4, -0.2) is 30.4 Å². The van der Waals surface area contributed by atoms with Crippen molar-refractivity contribution in [3.05, 3.63) is 94.9 Å². The predicted molar refractivity (Wildman–Crippen MR) is 131 cm³/mol. The number of carbonyl (C=O) groups excluding carboxylic acids is 1. The number of halogens is 1. The van der Waals surface area contributed by atoms with E-state index in [0.717, 1.165) is 24.4 Å². The summed E-state index contributed by atoms with van der Waals surface area (Å²) in [5.41, 5.74) is 3.71. The van der Waals surface area contributed by atoms with E-state index in [0.29, 0.717) is 34.5 Å². The first-order valence-corrected chi connectivity index (χ1v) is 12.8. The first kappa shape index (κ1) is 25.8. The molecule has 0 aliphatic carbocycles. The maximum absolute atomic E-state index is 13.3. The molecule has 1 aromatic carbocycles. The largest absolute Gasteiger partial charge is 0.618 e. The summed E-state index contributed by atoms with van der Waals surface area (Å²) < 4.78 is 38.9. The Morgan fingerprint density at radius 3 is 2.60 bits per heavy atom. The van der Waals surface area contributed by atoms with Crippen LogP contribution >= 0.6 is 0 Å². The Hall–Kier alpha value is -3.79. The highest BCUT2D eigenvalue weighted by molar-refractivity contribution is 7.90. The molecule has 3 rings (SSSR count). The molecule has 10 heteroatoms. The number of aromatic nitrogens is 3. The Morgan fingerprint density at radius 2 is 1.97 bits per heavy atom. The summed E-state index contributed by atoms with van der Waals surface area (Å²) >= 11 is 0. The first-order valence-electron chi connectivity index (χ1n) is 10.9. The van der Waals surface area contributed by atoms with E-state index in [4.69, 9.17) is 0 Å². The molecule has 8 nitrogen and oxygen atoms in total. The van der Waals surface area contributed by atoms with Crippen molar-refractivity contribution in [3.63, 3.8) is 0 Å². The van der Waals surface area contributed by atoms with Gasteiger partial charge in [0.1, 0.15) is 5.82 Å². The van der Waals surface area contributed by atoms with E-state index in [2.05, 4.69) is 17.0 Å². The fourth-order valence-electron chi connectivity index (χ4n) is 3.40. The van der Waals surface area contributed by atoms with Crippen LogP contribution < -0.4 is 10.0 Å². The van der Waals surface area contributed by atoms with E-state index in [1.807, 2.05) is 13.8 Å². The van der Waals surface area contributed by atoms with Gasteiger partial charge in [-0.25, -0.2) is 17.5 Å². The van der Waals surface area contributed by atoms with Crippen LogP contribution in [0.3, 0.4) is 0 Å². The third kappa shape index (κ3) is 6.21. The molecule has 184 valence electrons. The highest BCUT2D eigenvalue weighted by Crippen LogP contribution is 2.24. The number of rotatable bonds is 9. The zero-order valence-corrected chi connectivity index (χ0v) is 20.6. The normalized spacial score (nSPS) is 11.9. The van der Waals surface area contributed by atoms with Gasteiger partial charge in [-0.05, 0) is 49.6 Å². The zero-order valence-electron chi connectivity index (χ0n) is 19.8. The summed E-state index contributed by atoms with van der Waals surface area (Å²) in [7, 11) is -3.72. The SMILES string of the molecule is C=C(CC)CC=C(C(=O)NCc1cc[n+]([O-])c(S(C)(=O)=O)c1)c1cnn(-c2ccc(F)cc2)c1C. The van der Waals surface area contributed by atoms with Crippen LogP contribution in [0, 0.1) is 17.9 Å². The molecule has 0 bridgehead atoms. The molecule has 0 spiro atoms. The van der Waals surface area contributed by atoms with Crippen LogP contribution in [-0.2, 0) is 21.2 Å². The van der Waals surface area contributed by atoms with Crippen molar-refractivity contribution in [1.82, 2.24) is 15.1 Å². The summed E-state index contributed by atoms with van der Waals surface area (Å²) in [5.74, 6) is -0.755. The molecule has 0 saturated carbocycles. The summed E-state index contributed by atoms with van der Waals surface area (Å²) in [6.07, 6.45) is 6.63. The van der Waals surface area contributed by atoms with Gasteiger partial charge in [-0.3, -0.25) is 4.79 Å². The van der Waals surface area contributed by atoms with Crippen LogP contribution in [0.1, 0.15) is 36.6 Å². The maximum Gasteiger partial charge on any atom is 0.308 e. The number of hydrogen-bond acceptors (Lipinski definition) is 5. The zero-order chi connectivity index (χ0) is 25.8. The van der Waals surface area contributed by atoms with Gasteiger partial charge in [0.25, 0.3) is 5.91 Å². The second-order valence-corrected chi connectivity index (χ2v) is 10.1. The number of nitrogens with one attached hydrogen (secondary N) is 1. The summed E-state index contributed by atoms with van der Waals surface area (Å²) in [6.45, 7) is 7.79. The van der Waals surface area contributed by atoms with E-state index >= 15 is 0 Å². The van der Waals surface area contributed by atoms with Gasteiger partial charge < -0.3 is 10.5 Å².